The molecule has 4 heteroatoms. The van der Waals surface area contributed by atoms with Gasteiger partial charge in [0.25, 0.3) is 0 Å². The molecule has 25 heavy (non-hydrogen) atoms. The molecule has 1 N–H and O–H groups in total. The molecule has 1 saturated carbocycles. The molecule has 1 amide bonds. The number of carbonyl (C=O) groups excluding carboxylic acids is 1. The molecule has 0 heterocycles. The monoisotopic (exact) mass is 341 g/mol. The average molecular weight is 341 g/mol. The Labute approximate surface area is 152 Å². The van der Waals surface area contributed by atoms with Crippen LogP contribution >= 0.6 is 0 Å². The van der Waals surface area contributed by atoms with Gasteiger partial charge in [0.1, 0.15) is 5.54 Å². The van der Waals surface area contributed by atoms with Crippen molar-refractivity contribution < 1.29 is 4.79 Å². The van der Waals surface area contributed by atoms with Gasteiger partial charge < -0.3 is 5.32 Å². The number of nitrogens with one attached hydrogen (secondary N) is 1. The minimum absolute atomic E-state index is 0.0512. The zero-order valence-electron chi connectivity index (χ0n) is 16.0. The third kappa shape index (κ3) is 5.06. The second kappa shape index (κ2) is 8.49. The molecule has 1 fully saturated rings. The Morgan fingerprint density at radius 2 is 1.80 bits per heavy atom. The van der Waals surface area contributed by atoms with Gasteiger partial charge in [-0.3, -0.25) is 9.69 Å². The molecule has 1 aliphatic rings. The standard InChI is InChI=1S/C21H31N3O/c1-16(2)19-10-8-18(9-11-19)14-24(4)17(3)20(25)23-21(15-22)12-6-5-7-13-21/h8-11,16-17H,5-7,12-14H2,1-4H3,(H,23,25). The van der Waals surface area contributed by atoms with Crippen LogP contribution in [0.1, 0.15) is 69.9 Å². The largest absolute Gasteiger partial charge is 0.336 e. The first-order chi connectivity index (χ1) is 11.9. The number of hydrogen-bond acceptors (Lipinski definition) is 3. The first-order valence-electron chi connectivity index (χ1n) is 9.39. The van der Waals surface area contributed by atoms with Crippen LogP contribution in [0.25, 0.3) is 0 Å². The van der Waals surface area contributed by atoms with Gasteiger partial charge in [0, 0.05) is 6.54 Å². The smallest absolute Gasteiger partial charge is 0.238 e. The van der Waals surface area contributed by atoms with Crippen LogP contribution < -0.4 is 5.32 Å². The fourth-order valence-electron chi connectivity index (χ4n) is 3.39. The van der Waals surface area contributed by atoms with Crippen LogP contribution in [0.5, 0.6) is 0 Å². The van der Waals surface area contributed by atoms with Gasteiger partial charge in [0.05, 0.1) is 12.1 Å². The van der Waals surface area contributed by atoms with Crippen molar-refractivity contribution in [1.29, 1.82) is 5.26 Å². The summed E-state index contributed by atoms with van der Waals surface area (Å²) in [6.07, 6.45) is 4.71. The van der Waals surface area contributed by atoms with Crippen molar-refractivity contribution in [3.8, 4) is 6.07 Å². The van der Waals surface area contributed by atoms with Crippen LogP contribution in [0.15, 0.2) is 24.3 Å². The second-order valence-electron chi connectivity index (χ2n) is 7.73. The molecule has 0 bridgehead atoms. The van der Waals surface area contributed by atoms with Crippen LogP contribution in [0.3, 0.4) is 0 Å². The van der Waals surface area contributed by atoms with Crippen molar-refractivity contribution in [2.75, 3.05) is 7.05 Å². The van der Waals surface area contributed by atoms with Gasteiger partial charge >= 0.3 is 0 Å². The summed E-state index contributed by atoms with van der Waals surface area (Å²) in [5.74, 6) is 0.471. The van der Waals surface area contributed by atoms with E-state index in [1.54, 1.807) is 0 Å². The maximum absolute atomic E-state index is 12.6. The average Bonchev–Trinajstić information content (AvgIpc) is 2.62. The number of rotatable bonds is 6. The highest BCUT2D eigenvalue weighted by Crippen LogP contribution is 2.27. The third-order valence-electron chi connectivity index (χ3n) is 5.40. The van der Waals surface area contributed by atoms with Gasteiger partial charge in [-0.15, -0.1) is 0 Å². The van der Waals surface area contributed by atoms with Crippen LogP contribution in [-0.4, -0.2) is 29.4 Å². The molecule has 136 valence electrons. The number of nitrogens with zero attached hydrogens (tertiary/aromatic N) is 2. The third-order valence-corrected chi connectivity index (χ3v) is 5.40. The topological polar surface area (TPSA) is 56.1 Å². The Morgan fingerprint density at radius 1 is 1.20 bits per heavy atom. The summed E-state index contributed by atoms with van der Waals surface area (Å²) in [6.45, 7) is 6.99. The highest BCUT2D eigenvalue weighted by molar-refractivity contribution is 5.82. The Bertz CT molecular complexity index is 609. The van der Waals surface area contributed by atoms with Crippen LogP contribution in [0, 0.1) is 11.3 Å². The minimum Gasteiger partial charge on any atom is -0.336 e. The van der Waals surface area contributed by atoms with Crippen molar-refractivity contribution in [2.45, 2.75) is 76.9 Å². The summed E-state index contributed by atoms with van der Waals surface area (Å²) < 4.78 is 0. The lowest BCUT2D eigenvalue weighted by atomic mass is 9.82. The number of carbonyl (C=O) groups is 1. The van der Waals surface area contributed by atoms with E-state index in [2.05, 4.69) is 49.5 Å². The molecule has 1 aromatic carbocycles. The van der Waals surface area contributed by atoms with Gasteiger partial charge in [0.2, 0.25) is 5.91 Å². The molecule has 4 nitrogen and oxygen atoms in total. The first-order valence-corrected chi connectivity index (χ1v) is 9.39. The zero-order valence-corrected chi connectivity index (χ0v) is 16.0. The van der Waals surface area contributed by atoms with E-state index in [1.165, 1.54) is 11.1 Å². The fraction of sp³-hybridized carbons (Fsp3) is 0.619. The summed E-state index contributed by atoms with van der Waals surface area (Å²) in [5.41, 5.74) is 1.85. The van der Waals surface area contributed by atoms with Crippen molar-refractivity contribution in [1.82, 2.24) is 10.2 Å². The van der Waals surface area contributed by atoms with E-state index in [1.807, 2.05) is 18.9 Å². The van der Waals surface area contributed by atoms with Crippen LogP contribution in [0.4, 0.5) is 0 Å². The fourth-order valence-corrected chi connectivity index (χ4v) is 3.39. The highest BCUT2D eigenvalue weighted by Gasteiger charge is 2.35. The molecule has 1 aliphatic carbocycles. The van der Waals surface area contributed by atoms with Crippen molar-refractivity contribution in [2.24, 2.45) is 0 Å². The number of hydrogen-bond donors (Lipinski definition) is 1. The van der Waals surface area contributed by atoms with Crippen molar-refractivity contribution in [3.63, 3.8) is 0 Å². The Hall–Kier alpha value is -1.86. The van der Waals surface area contributed by atoms with E-state index in [9.17, 15) is 10.1 Å². The molecule has 0 radical (unpaired) electrons. The normalized spacial score (nSPS) is 18.0. The Kier molecular flexibility index (Phi) is 6.61. The van der Waals surface area contributed by atoms with E-state index >= 15 is 0 Å². The summed E-state index contributed by atoms with van der Waals surface area (Å²) in [4.78, 5) is 14.7. The molecular formula is C21H31N3O. The SMILES string of the molecule is CC(C)c1ccc(CN(C)C(C)C(=O)NC2(C#N)CCCCC2)cc1. The van der Waals surface area contributed by atoms with Gasteiger partial charge in [-0.25, -0.2) is 0 Å². The van der Waals surface area contributed by atoms with Gasteiger partial charge in [0.15, 0.2) is 0 Å². The molecule has 1 aromatic rings. The summed E-state index contributed by atoms with van der Waals surface area (Å²) >= 11 is 0. The van der Waals surface area contributed by atoms with Crippen LogP contribution in [-0.2, 0) is 11.3 Å². The van der Waals surface area contributed by atoms with Gasteiger partial charge in [-0.1, -0.05) is 57.4 Å². The molecule has 1 atom stereocenters. The quantitative estimate of drug-likeness (QED) is 0.851. The Morgan fingerprint density at radius 3 is 2.32 bits per heavy atom. The highest BCUT2D eigenvalue weighted by atomic mass is 16.2. The number of benzene rings is 1. The summed E-state index contributed by atoms with van der Waals surface area (Å²) in [5, 5.41) is 12.6. The lowest BCUT2D eigenvalue weighted by Crippen LogP contribution is -2.54. The van der Waals surface area contributed by atoms with Crippen LogP contribution in [0.2, 0.25) is 0 Å². The predicted molar refractivity (Wildman–Crippen MR) is 101 cm³/mol. The molecule has 2 rings (SSSR count). The van der Waals surface area contributed by atoms with Gasteiger partial charge in [-0.05, 0) is 43.9 Å². The molecular weight excluding hydrogens is 310 g/mol. The minimum atomic E-state index is -0.663. The maximum atomic E-state index is 12.6. The number of likely N-dealkylation sites (N-methyl/N-ethyl adjacent to an activating group) is 1. The number of nitriles is 1. The zero-order chi connectivity index (χ0) is 18.4. The van der Waals surface area contributed by atoms with E-state index in [0.29, 0.717) is 12.5 Å². The second-order valence-corrected chi connectivity index (χ2v) is 7.73. The number of amides is 1. The summed E-state index contributed by atoms with van der Waals surface area (Å²) in [7, 11) is 1.96. The van der Waals surface area contributed by atoms with Crippen molar-refractivity contribution in [3.05, 3.63) is 35.4 Å². The molecule has 0 aliphatic heterocycles. The van der Waals surface area contributed by atoms with E-state index in [4.69, 9.17) is 0 Å². The van der Waals surface area contributed by atoms with E-state index < -0.39 is 5.54 Å². The first kappa shape index (κ1) is 19.5. The van der Waals surface area contributed by atoms with E-state index in [-0.39, 0.29) is 11.9 Å². The molecule has 0 spiro atoms. The Balaban J connectivity index is 1.95. The van der Waals surface area contributed by atoms with Crippen molar-refractivity contribution >= 4 is 5.91 Å². The lowest BCUT2D eigenvalue weighted by molar-refractivity contribution is -0.127. The summed E-state index contributed by atoms with van der Waals surface area (Å²) in [6, 6.07) is 10.7. The predicted octanol–water partition coefficient (Wildman–Crippen LogP) is 3.97. The maximum Gasteiger partial charge on any atom is 0.238 e. The molecule has 0 saturated heterocycles. The van der Waals surface area contributed by atoms with E-state index in [0.717, 1.165) is 32.1 Å². The molecule has 1 unspecified atom stereocenters. The lowest BCUT2D eigenvalue weighted by Gasteiger charge is -2.34. The van der Waals surface area contributed by atoms with Gasteiger partial charge in [-0.2, -0.15) is 5.26 Å². The molecule has 0 aromatic heterocycles.